The summed E-state index contributed by atoms with van der Waals surface area (Å²) in [5.41, 5.74) is 7.53. The lowest BCUT2D eigenvalue weighted by Crippen LogP contribution is -2.14. The second-order valence-corrected chi connectivity index (χ2v) is 4.96. The van der Waals surface area contributed by atoms with Crippen LogP contribution in [0.4, 0.5) is 11.4 Å². The molecule has 0 aliphatic heterocycles. The topological polar surface area (TPSA) is 83.8 Å². The van der Waals surface area contributed by atoms with Gasteiger partial charge < -0.3 is 11.1 Å². The summed E-state index contributed by atoms with van der Waals surface area (Å²) < 4.78 is 0.702. The van der Waals surface area contributed by atoms with Crippen molar-refractivity contribution in [3.63, 3.8) is 0 Å². The number of carbonyl (C=O) groups is 1. The molecular weight excluding hydrogens is 320 g/mol. The summed E-state index contributed by atoms with van der Waals surface area (Å²) in [4.78, 5) is 11.9. The first-order valence-electron chi connectivity index (χ1n) is 5.06. The number of nitrogen functional groups attached to an aromatic ring is 1. The summed E-state index contributed by atoms with van der Waals surface area (Å²) in [5, 5.41) is 9.77. The lowest BCUT2D eigenvalue weighted by molar-refractivity contribution is 0.102. The van der Waals surface area contributed by atoms with Crippen LogP contribution in [0.1, 0.15) is 16.2 Å². The number of hydrogen-bond donors (Lipinski definition) is 3. The van der Waals surface area contributed by atoms with Crippen LogP contribution in [0.5, 0.6) is 0 Å². The molecule has 0 aliphatic rings. The molecule has 0 saturated heterocycles. The number of aromatic amines is 1. The zero-order valence-electron chi connectivity index (χ0n) is 9.42. The number of hydrogen-bond acceptors (Lipinski definition) is 3. The van der Waals surface area contributed by atoms with Crippen molar-refractivity contribution in [3.8, 4) is 0 Å². The minimum Gasteiger partial charge on any atom is -0.395 e. The van der Waals surface area contributed by atoms with Crippen molar-refractivity contribution in [3.05, 3.63) is 39.1 Å². The Bertz CT molecular complexity index is 611. The zero-order chi connectivity index (χ0) is 13.3. The molecule has 1 aromatic heterocycles. The number of aryl methyl sites for hydroxylation is 1. The van der Waals surface area contributed by atoms with Gasteiger partial charge in [0.15, 0.2) is 5.69 Å². The van der Waals surface area contributed by atoms with Crippen LogP contribution >= 0.6 is 27.5 Å². The lowest BCUT2D eigenvalue weighted by atomic mass is 10.2. The maximum atomic E-state index is 11.9. The van der Waals surface area contributed by atoms with Crippen LogP contribution in [0.15, 0.2) is 22.7 Å². The Morgan fingerprint density at radius 1 is 1.56 bits per heavy atom. The molecular formula is C11H10BrClN4O. The average molecular weight is 330 g/mol. The Balaban J connectivity index is 2.21. The van der Waals surface area contributed by atoms with Gasteiger partial charge in [-0.15, -0.1) is 0 Å². The smallest absolute Gasteiger partial charge is 0.278 e. The maximum absolute atomic E-state index is 11.9. The number of carbonyl (C=O) groups excluding carboxylic acids is 1. The third-order valence-corrected chi connectivity index (χ3v) is 3.60. The van der Waals surface area contributed by atoms with E-state index in [1.165, 1.54) is 0 Å². The number of anilines is 2. The second-order valence-electron chi connectivity index (χ2n) is 3.69. The van der Waals surface area contributed by atoms with E-state index in [1.54, 1.807) is 25.1 Å². The van der Waals surface area contributed by atoms with Gasteiger partial charge in [0, 0.05) is 10.2 Å². The minimum atomic E-state index is -0.369. The molecule has 1 amide bonds. The molecule has 94 valence electrons. The van der Waals surface area contributed by atoms with Gasteiger partial charge in [0.1, 0.15) is 0 Å². The third-order valence-electron chi connectivity index (χ3n) is 2.39. The number of amides is 1. The molecule has 1 aromatic carbocycles. The lowest BCUT2D eigenvalue weighted by Gasteiger charge is -2.05. The Morgan fingerprint density at radius 3 is 2.83 bits per heavy atom. The fourth-order valence-electron chi connectivity index (χ4n) is 1.38. The Labute approximate surface area is 117 Å². The number of nitrogens with zero attached hydrogens (tertiary/aromatic N) is 1. The molecule has 0 spiro atoms. The molecule has 0 radical (unpaired) electrons. The molecule has 1 heterocycles. The van der Waals surface area contributed by atoms with Crippen molar-refractivity contribution in [2.75, 3.05) is 11.1 Å². The highest BCUT2D eigenvalue weighted by Crippen LogP contribution is 2.26. The van der Waals surface area contributed by atoms with Crippen LogP contribution in [0.2, 0.25) is 5.02 Å². The molecule has 0 bridgehead atoms. The normalized spacial score (nSPS) is 10.4. The van der Waals surface area contributed by atoms with Gasteiger partial charge in [0.05, 0.1) is 16.4 Å². The highest BCUT2D eigenvalue weighted by molar-refractivity contribution is 9.10. The predicted molar refractivity (Wildman–Crippen MR) is 74.8 cm³/mol. The van der Waals surface area contributed by atoms with E-state index in [-0.39, 0.29) is 11.6 Å². The van der Waals surface area contributed by atoms with Crippen molar-refractivity contribution < 1.29 is 4.79 Å². The van der Waals surface area contributed by atoms with Gasteiger partial charge in [-0.2, -0.15) is 5.10 Å². The van der Waals surface area contributed by atoms with E-state index in [0.717, 1.165) is 0 Å². The van der Waals surface area contributed by atoms with Gasteiger partial charge in [-0.05, 0) is 41.1 Å². The van der Waals surface area contributed by atoms with Crippen molar-refractivity contribution in [2.45, 2.75) is 6.92 Å². The summed E-state index contributed by atoms with van der Waals surface area (Å²) in [7, 11) is 0. The number of aromatic nitrogens is 2. The van der Waals surface area contributed by atoms with Crippen molar-refractivity contribution >= 4 is 44.8 Å². The first-order chi connectivity index (χ1) is 8.49. The quantitative estimate of drug-likeness (QED) is 0.792. The summed E-state index contributed by atoms with van der Waals surface area (Å²) in [6, 6.07) is 5.08. The fraction of sp³-hybridized carbons (Fsp3) is 0.0909. The molecule has 18 heavy (non-hydrogen) atoms. The van der Waals surface area contributed by atoms with Gasteiger partial charge in [0.25, 0.3) is 5.91 Å². The number of halogens is 2. The summed E-state index contributed by atoms with van der Waals surface area (Å²) >= 11 is 9.15. The van der Waals surface area contributed by atoms with Crippen LogP contribution < -0.4 is 11.1 Å². The van der Waals surface area contributed by atoms with Gasteiger partial charge in [-0.25, -0.2) is 0 Å². The highest BCUT2D eigenvalue weighted by Gasteiger charge is 2.15. The molecule has 0 fully saturated rings. The monoisotopic (exact) mass is 328 g/mol. The summed E-state index contributed by atoms with van der Waals surface area (Å²) in [6.45, 7) is 1.75. The van der Waals surface area contributed by atoms with Crippen LogP contribution in [0.25, 0.3) is 0 Å². The Morgan fingerprint density at radius 2 is 2.28 bits per heavy atom. The van der Waals surface area contributed by atoms with E-state index >= 15 is 0 Å². The van der Waals surface area contributed by atoms with Crippen molar-refractivity contribution in [1.82, 2.24) is 10.2 Å². The number of nitrogens with two attached hydrogens (primary N) is 1. The maximum Gasteiger partial charge on any atom is 0.278 e. The van der Waals surface area contributed by atoms with Crippen LogP contribution in [-0.4, -0.2) is 16.1 Å². The zero-order valence-corrected chi connectivity index (χ0v) is 11.8. The van der Waals surface area contributed by atoms with E-state index in [2.05, 4.69) is 31.4 Å². The van der Waals surface area contributed by atoms with Crippen molar-refractivity contribution in [1.29, 1.82) is 0 Å². The first-order valence-corrected chi connectivity index (χ1v) is 6.23. The molecule has 0 aliphatic carbocycles. The van der Waals surface area contributed by atoms with Gasteiger partial charge in [-0.1, -0.05) is 11.6 Å². The van der Waals surface area contributed by atoms with Crippen LogP contribution in [0.3, 0.4) is 0 Å². The molecule has 4 N–H and O–H groups in total. The number of nitrogens with one attached hydrogen (secondary N) is 2. The molecule has 2 rings (SSSR count). The third kappa shape index (κ3) is 2.49. The van der Waals surface area contributed by atoms with E-state index < -0.39 is 0 Å². The second kappa shape index (κ2) is 4.99. The summed E-state index contributed by atoms with van der Waals surface area (Å²) in [5.74, 6) is -0.369. The van der Waals surface area contributed by atoms with Gasteiger partial charge >= 0.3 is 0 Å². The number of H-pyrrole nitrogens is 1. The Hall–Kier alpha value is -1.53. The summed E-state index contributed by atoms with van der Waals surface area (Å²) in [6.07, 6.45) is 0. The molecule has 0 saturated carbocycles. The molecule has 0 atom stereocenters. The van der Waals surface area contributed by atoms with Gasteiger partial charge in [0.2, 0.25) is 0 Å². The molecule has 0 unspecified atom stereocenters. The molecule has 2 aromatic rings. The standard InChI is InChI=1S/C11H10BrClN4O/c1-5-9(14)10(17-16-5)11(18)15-6-2-3-8(13)7(12)4-6/h2-4H,14H2,1H3,(H,15,18)(H,16,17). The van der Waals surface area contributed by atoms with E-state index in [4.69, 9.17) is 17.3 Å². The number of rotatable bonds is 2. The van der Waals surface area contributed by atoms with E-state index in [0.29, 0.717) is 26.6 Å². The fourth-order valence-corrected chi connectivity index (χ4v) is 1.87. The SMILES string of the molecule is Cc1[nH]nc(C(=O)Nc2ccc(Cl)c(Br)c2)c1N. The predicted octanol–water partition coefficient (Wildman–Crippen LogP) is 2.97. The first kappa shape index (κ1) is 12.9. The largest absolute Gasteiger partial charge is 0.395 e. The van der Waals surface area contributed by atoms with E-state index in [1.807, 2.05) is 0 Å². The molecule has 7 heteroatoms. The number of benzene rings is 1. The van der Waals surface area contributed by atoms with Crippen LogP contribution in [0, 0.1) is 6.92 Å². The van der Waals surface area contributed by atoms with Crippen LogP contribution in [-0.2, 0) is 0 Å². The average Bonchev–Trinajstić information content (AvgIpc) is 2.65. The minimum absolute atomic E-state index is 0.179. The highest BCUT2D eigenvalue weighted by atomic mass is 79.9. The Kier molecular flexibility index (Phi) is 3.58. The van der Waals surface area contributed by atoms with E-state index in [9.17, 15) is 4.79 Å². The van der Waals surface area contributed by atoms with Gasteiger partial charge in [-0.3, -0.25) is 9.89 Å². The molecule has 5 nitrogen and oxygen atoms in total. The van der Waals surface area contributed by atoms with Crippen molar-refractivity contribution in [2.24, 2.45) is 0 Å².